The Morgan fingerprint density at radius 2 is 1.70 bits per heavy atom. The van der Waals surface area contributed by atoms with Crippen molar-refractivity contribution in [3.05, 3.63) is 94.5 Å². The summed E-state index contributed by atoms with van der Waals surface area (Å²) in [7, 11) is 0. The Morgan fingerprint density at radius 3 is 2.47 bits per heavy atom. The predicted molar refractivity (Wildman–Crippen MR) is 116 cm³/mol. The Bertz CT molecular complexity index is 1050. The SMILES string of the molecule is FC(F)(F)c1cccc(C2CN(CCc3ccc4ccccc4c3)CC=C2Cl)c1.O. The van der Waals surface area contributed by atoms with Gasteiger partial charge in [-0.2, -0.15) is 13.2 Å². The zero-order valence-electron chi connectivity index (χ0n) is 16.3. The molecule has 1 atom stereocenters. The highest BCUT2D eigenvalue weighted by Crippen LogP contribution is 2.35. The summed E-state index contributed by atoms with van der Waals surface area (Å²) in [6.07, 6.45) is -1.56. The molecule has 1 aliphatic heterocycles. The van der Waals surface area contributed by atoms with E-state index in [2.05, 4.69) is 35.2 Å². The normalized spacial score (nSPS) is 17.5. The summed E-state index contributed by atoms with van der Waals surface area (Å²) in [4.78, 5) is 2.24. The monoisotopic (exact) mass is 433 g/mol. The van der Waals surface area contributed by atoms with Crippen LogP contribution in [0.2, 0.25) is 0 Å². The van der Waals surface area contributed by atoms with Crippen LogP contribution in [0.3, 0.4) is 0 Å². The van der Waals surface area contributed by atoms with Crippen molar-refractivity contribution in [1.82, 2.24) is 4.90 Å². The second-order valence-corrected chi connectivity index (χ2v) is 7.89. The Hall–Kier alpha value is -2.34. The fourth-order valence-electron chi connectivity index (χ4n) is 3.84. The Kier molecular flexibility index (Phi) is 6.86. The largest absolute Gasteiger partial charge is 0.416 e. The molecule has 1 unspecified atom stereocenters. The van der Waals surface area contributed by atoms with Gasteiger partial charge in [-0.05, 0) is 34.4 Å². The summed E-state index contributed by atoms with van der Waals surface area (Å²) in [6, 6.07) is 20.2. The highest BCUT2D eigenvalue weighted by Gasteiger charge is 2.32. The van der Waals surface area contributed by atoms with Crippen LogP contribution in [0.4, 0.5) is 13.2 Å². The van der Waals surface area contributed by atoms with Crippen molar-refractivity contribution >= 4 is 22.4 Å². The molecular weight excluding hydrogens is 411 g/mol. The number of alkyl halides is 3. The lowest BCUT2D eigenvalue weighted by Gasteiger charge is -2.31. The van der Waals surface area contributed by atoms with E-state index in [-0.39, 0.29) is 11.4 Å². The maximum absolute atomic E-state index is 13.1. The standard InChI is InChI=1S/C24H21ClF3N.H2O/c25-23-11-13-29(12-10-17-8-9-18-4-1-2-5-19(18)14-17)16-22(23)20-6-3-7-21(15-20)24(26,27)28;/h1-9,11,14-15,22H,10,12-13,16H2;1H2. The lowest BCUT2D eigenvalue weighted by Crippen LogP contribution is -2.34. The van der Waals surface area contributed by atoms with Crippen molar-refractivity contribution in [2.45, 2.75) is 18.5 Å². The van der Waals surface area contributed by atoms with Crippen molar-refractivity contribution < 1.29 is 18.6 Å². The van der Waals surface area contributed by atoms with Crippen LogP contribution < -0.4 is 0 Å². The molecule has 4 rings (SSSR count). The van der Waals surface area contributed by atoms with E-state index >= 15 is 0 Å². The van der Waals surface area contributed by atoms with Gasteiger partial charge < -0.3 is 5.48 Å². The number of hydrogen-bond acceptors (Lipinski definition) is 1. The van der Waals surface area contributed by atoms with Crippen molar-refractivity contribution in [2.24, 2.45) is 0 Å². The maximum Gasteiger partial charge on any atom is 0.416 e. The van der Waals surface area contributed by atoms with Crippen LogP contribution in [0.5, 0.6) is 0 Å². The zero-order valence-corrected chi connectivity index (χ0v) is 17.0. The lowest BCUT2D eigenvalue weighted by molar-refractivity contribution is -0.137. The van der Waals surface area contributed by atoms with Crippen LogP contribution in [0.1, 0.15) is 22.6 Å². The van der Waals surface area contributed by atoms with Crippen molar-refractivity contribution in [2.75, 3.05) is 19.6 Å². The maximum atomic E-state index is 13.1. The van der Waals surface area contributed by atoms with Gasteiger partial charge in [-0.1, -0.05) is 78.3 Å². The van der Waals surface area contributed by atoms with E-state index in [4.69, 9.17) is 11.6 Å². The van der Waals surface area contributed by atoms with E-state index in [1.807, 2.05) is 18.2 Å². The molecule has 2 nitrogen and oxygen atoms in total. The van der Waals surface area contributed by atoms with Gasteiger partial charge in [0.15, 0.2) is 0 Å². The highest BCUT2D eigenvalue weighted by molar-refractivity contribution is 6.30. The van der Waals surface area contributed by atoms with Crippen LogP contribution in [-0.4, -0.2) is 30.0 Å². The number of halogens is 4. The van der Waals surface area contributed by atoms with Gasteiger partial charge in [-0.25, -0.2) is 0 Å². The predicted octanol–water partition coefficient (Wildman–Crippen LogP) is 5.80. The van der Waals surface area contributed by atoms with E-state index in [1.54, 1.807) is 6.07 Å². The third-order valence-corrected chi connectivity index (χ3v) is 5.88. The Balaban J connectivity index is 0.00000256. The minimum Gasteiger partial charge on any atom is -0.412 e. The summed E-state index contributed by atoms with van der Waals surface area (Å²) >= 11 is 6.38. The molecule has 30 heavy (non-hydrogen) atoms. The van der Waals surface area contributed by atoms with Gasteiger partial charge in [-0.3, -0.25) is 4.90 Å². The van der Waals surface area contributed by atoms with Gasteiger partial charge in [0, 0.05) is 30.6 Å². The number of hydrogen-bond donors (Lipinski definition) is 0. The van der Waals surface area contributed by atoms with Crippen molar-refractivity contribution in [3.8, 4) is 0 Å². The summed E-state index contributed by atoms with van der Waals surface area (Å²) in [6.45, 7) is 2.15. The van der Waals surface area contributed by atoms with Gasteiger partial charge >= 0.3 is 6.18 Å². The second kappa shape index (κ2) is 9.21. The third kappa shape index (κ3) is 5.04. The average Bonchev–Trinajstić information content (AvgIpc) is 2.72. The first-order chi connectivity index (χ1) is 13.9. The highest BCUT2D eigenvalue weighted by atomic mass is 35.5. The van der Waals surface area contributed by atoms with E-state index in [1.165, 1.54) is 28.5 Å². The van der Waals surface area contributed by atoms with Gasteiger partial charge in [0.25, 0.3) is 0 Å². The van der Waals surface area contributed by atoms with Crippen molar-refractivity contribution in [3.63, 3.8) is 0 Å². The molecule has 0 saturated carbocycles. The van der Waals surface area contributed by atoms with Crippen LogP contribution in [0.25, 0.3) is 10.8 Å². The molecule has 3 aromatic carbocycles. The fourth-order valence-corrected chi connectivity index (χ4v) is 4.10. The van der Waals surface area contributed by atoms with Gasteiger partial charge in [0.1, 0.15) is 0 Å². The zero-order chi connectivity index (χ0) is 20.4. The van der Waals surface area contributed by atoms with Crippen LogP contribution in [0.15, 0.2) is 77.8 Å². The molecule has 0 bridgehead atoms. The molecular formula is C24H23ClF3NO. The van der Waals surface area contributed by atoms with E-state index < -0.39 is 11.7 Å². The fraction of sp³-hybridized carbons (Fsp3) is 0.250. The molecule has 1 aliphatic rings. The molecule has 0 fully saturated rings. The first-order valence-corrected chi connectivity index (χ1v) is 10.0. The van der Waals surface area contributed by atoms with E-state index in [0.29, 0.717) is 23.7 Å². The molecule has 2 N–H and O–H groups in total. The van der Waals surface area contributed by atoms with Gasteiger partial charge in [0.05, 0.1) is 5.56 Å². The topological polar surface area (TPSA) is 34.7 Å². The first kappa shape index (κ1) is 22.3. The molecule has 0 aliphatic carbocycles. The van der Waals surface area contributed by atoms with E-state index in [0.717, 1.165) is 19.0 Å². The molecule has 158 valence electrons. The minimum atomic E-state index is -4.35. The van der Waals surface area contributed by atoms with Crippen LogP contribution >= 0.6 is 11.6 Å². The Labute approximate surface area is 178 Å². The minimum absolute atomic E-state index is 0. The van der Waals surface area contributed by atoms with Gasteiger partial charge in [0.2, 0.25) is 0 Å². The smallest absolute Gasteiger partial charge is 0.412 e. The first-order valence-electron chi connectivity index (χ1n) is 9.63. The summed E-state index contributed by atoms with van der Waals surface area (Å²) in [5.41, 5.74) is 1.23. The number of rotatable bonds is 4. The van der Waals surface area contributed by atoms with Crippen LogP contribution in [0, 0.1) is 0 Å². The van der Waals surface area contributed by atoms with Gasteiger partial charge in [-0.15, -0.1) is 0 Å². The molecule has 0 saturated heterocycles. The summed E-state index contributed by atoms with van der Waals surface area (Å²) < 4.78 is 39.2. The number of benzene rings is 3. The number of fused-ring (bicyclic) bond motifs is 1. The quantitative estimate of drug-likeness (QED) is 0.512. The second-order valence-electron chi connectivity index (χ2n) is 7.46. The molecule has 0 spiro atoms. The molecule has 6 heteroatoms. The van der Waals surface area contributed by atoms with Crippen molar-refractivity contribution in [1.29, 1.82) is 0 Å². The van der Waals surface area contributed by atoms with Crippen LogP contribution in [-0.2, 0) is 12.6 Å². The summed E-state index contributed by atoms with van der Waals surface area (Å²) in [5.74, 6) is -0.232. The molecule has 0 aromatic heterocycles. The molecule has 1 heterocycles. The Morgan fingerprint density at radius 1 is 0.933 bits per heavy atom. The summed E-state index contributed by atoms with van der Waals surface area (Å²) in [5, 5.41) is 3.05. The number of nitrogens with zero attached hydrogens (tertiary/aromatic N) is 1. The lowest BCUT2D eigenvalue weighted by atomic mass is 9.93. The molecule has 0 amide bonds. The van der Waals surface area contributed by atoms with E-state index in [9.17, 15) is 13.2 Å². The molecule has 3 aromatic rings. The third-order valence-electron chi connectivity index (χ3n) is 5.47. The average molecular weight is 434 g/mol. The molecule has 0 radical (unpaired) electrons.